The number of hydrogen-bond acceptors (Lipinski definition) is 11. The molecule has 11 nitrogen and oxygen atoms in total. The molecule has 1 unspecified atom stereocenters. The van der Waals surface area contributed by atoms with Crippen LogP contribution in [0.3, 0.4) is 0 Å². The van der Waals surface area contributed by atoms with Crippen molar-refractivity contribution in [3.63, 3.8) is 0 Å². The Labute approximate surface area is 228 Å². The number of fused-ring (bicyclic) bond motifs is 2. The molecule has 0 bridgehead atoms. The molecule has 0 spiro atoms. The second-order valence-electron chi connectivity index (χ2n) is 10.7. The lowest BCUT2D eigenvalue weighted by Gasteiger charge is -2.36. The molecule has 0 aromatic carbocycles. The van der Waals surface area contributed by atoms with Crippen LogP contribution in [-0.4, -0.2) is 67.3 Å². The Balaban J connectivity index is 1.70. The Morgan fingerprint density at radius 3 is 2.62 bits per heavy atom. The highest BCUT2D eigenvalue weighted by molar-refractivity contribution is 7.90. The number of esters is 1. The highest BCUT2D eigenvalue weighted by atomic mass is 32.2. The fourth-order valence-corrected chi connectivity index (χ4v) is 5.15. The van der Waals surface area contributed by atoms with Gasteiger partial charge in [-0.2, -0.15) is 0 Å². The summed E-state index contributed by atoms with van der Waals surface area (Å²) in [5.74, 6) is 0.880. The summed E-state index contributed by atoms with van der Waals surface area (Å²) in [4.78, 5) is 26.2. The molecule has 3 aromatic rings. The van der Waals surface area contributed by atoms with Crippen molar-refractivity contribution >= 4 is 38.2 Å². The topological polar surface area (TPSA) is 156 Å². The van der Waals surface area contributed by atoms with Gasteiger partial charge in [-0.3, -0.25) is 0 Å². The van der Waals surface area contributed by atoms with E-state index in [1.54, 1.807) is 31.6 Å². The molecule has 0 fully saturated rings. The zero-order valence-corrected chi connectivity index (χ0v) is 23.9. The van der Waals surface area contributed by atoms with Crippen molar-refractivity contribution in [1.82, 2.24) is 15.0 Å². The van der Waals surface area contributed by atoms with Gasteiger partial charge in [0.1, 0.15) is 27.1 Å². The lowest BCUT2D eigenvalue weighted by molar-refractivity contribution is -0.0189. The molecule has 0 saturated carbocycles. The van der Waals surface area contributed by atoms with Crippen LogP contribution in [0.2, 0.25) is 0 Å². The predicted octanol–water partition coefficient (Wildman–Crippen LogP) is 3.45. The van der Waals surface area contributed by atoms with Crippen LogP contribution in [0.5, 0.6) is 5.88 Å². The molecule has 4 heterocycles. The first-order valence-electron chi connectivity index (χ1n) is 12.6. The van der Waals surface area contributed by atoms with E-state index in [9.17, 15) is 13.2 Å². The second-order valence-corrected chi connectivity index (χ2v) is 13.0. The van der Waals surface area contributed by atoms with Crippen LogP contribution in [0, 0.1) is 0 Å². The summed E-state index contributed by atoms with van der Waals surface area (Å²) in [5.41, 5.74) is 6.89. The molecule has 39 heavy (non-hydrogen) atoms. The number of nitrogens with one attached hydrogen (secondary N) is 1. The molecule has 4 rings (SSSR count). The van der Waals surface area contributed by atoms with Gasteiger partial charge in [0.15, 0.2) is 0 Å². The maximum Gasteiger partial charge on any atom is 0.340 e. The number of carbonyl (C=O) groups is 1. The Bertz CT molecular complexity index is 1510. The van der Waals surface area contributed by atoms with Gasteiger partial charge in [0.05, 0.1) is 41.1 Å². The van der Waals surface area contributed by atoms with Crippen LogP contribution in [0.1, 0.15) is 61.6 Å². The quantitative estimate of drug-likeness (QED) is 0.278. The van der Waals surface area contributed by atoms with Crippen molar-refractivity contribution < 1.29 is 27.4 Å². The van der Waals surface area contributed by atoms with Gasteiger partial charge in [0.2, 0.25) is 5.88 Å². The maximum atomic E-state index is 12.5. The first-order valence-corrected chi connectivity index (χ1v) is 14.7. The number of nitrogens with two attached hydrogens (primary N) is 1. The van der Waals surface area contributed by atoms with E-state index in [0.717, 1.165) is 10.9 Å². The predicted molar refractivity (Wildman–Crippen MR) is 148 cm³/mol. The van der Waals surface area contributed by atoms with Crippen LogP contribution in [0.4, 0.5) is 11.6 Å². The fraction of sp³-hybridized carbons (Fsp3) is 0.481. The first kappa shape index (κ1) is 28.7. The number of rotatable bonds is 10. The minimum absolute atomic E-state index is 0.0192. The molecule has 2 atom stereocenters. The third-order valence-corrected chi connectivity index (χ3v) is 7.93. The molecule has 0 radical (unpaired) electrons. The minimum atomic E-state index is -3.09. The van der Waals surface area contributed by atoms with Gasteiger partial charge < -0.3 is 25.3 Å². The average molecular weight is 558 g/mol. The number of methoxy groups -OCH3 is 1. The van der Waals surface area contributed by atoms with Crippen molar-refractivity contribution in [2.75, 3.05) is 37.6 Å². The van der Waals surface area contributed by atoms with Gasteiger partial charge in [-0.25, -0.2) is 28.2 Å². The van der Waals surface area contributed by atoms with Crippen molar-refractivity contribution in [3.05, 3.63) is 47.4 Å². The first-order chi connectivity index (χ1) is 18.2. The molecule has 1 aliphatic heterocycles. The molecule has 3 N–H and O–H groups in total. The number of anilines is 2. The highest BCUT2D eigenvalue weighted by Crippen LogP contribution is 2.38. The molecule has 0 saturated heterocycles. The molecule has 0 aliphatic carbocycles. The number of ether oxygens (including phenoxy) is 3. The lowest BCUT2D eigenvalue weighted by Crippen LogP contribution is -2.39. The molecule has 1 aliphatic rings. The summed E-state index contributed by atoms with van der Waals surface area (Å²) in [5, 5.41) is 4.61. The van der Waals surface area contributed by atoms with E-state index in [0.29, 0.717) is 40.6 Å². The largest absolute Gasteiger partial charge is 0.477 e. The molecule has 12 heteroatoms. The van der Waals surface area contributed by atoms with Gasteiger partial charge in [-0.15, -0.1) is 0 Å². The number of pyridine rings is 3. The van der Waals surface area contributed by atoms with Crippen LogP contribution in [0.25, 0.3) is 10.8 Å². The Morgan fingerprint density at radius 1 is 1.18 bits per heavy atom. The average Bonchev–Trinajstić information content (AvgIpc) is 2.84. The minimum Gasteiger partial charge on any atom is -0.477 e. The van der Waals surface area contributed by atoms with Crippen molar-refractivity contribution in [3.8, 4) is 5.88 Å². The normalized spacial score (nSPS) is 18.2. The smallest absolute Gasteiger partial charge is 0.340 e. The van der Waals surface area contributed by atoms with Crippen LogP contribution in [0.15, 0.2) is 30.6 Å². The Morgan fingerprint density at radius 2 is 1.92 bits per heavy atom. The van der Waals surface area contributed by atoms with Gasteiger partial charge in [-0.1, -0.05) is 6.92 Å². The maximum absolute atomic E-state index is 12.5. The number of cyclic esters (lactones) is 1. The number of hydrogen-bond donors (Lipinski definition) is 2. The number of aromatic nitrogens is 3. The van der Waals surface area contributed by atoms with Crippen LogP contribution >= 0.6 is 0 Å². The van der Waals surface area contributed by atoms with E-state index in [2.05, 4.69) is 15.3 Å². The van der Waals surface area contributed by atoms with Crippen molar-refractivity contribution in [1.29, 1.82) is 0 Å². The summed E-state index contributed by atoms with van der Waals surface area (Å²) in [6.45, 7) is 7.99. The molecule has 0 amide bonds. The molecular weight excluding hydrogens is 522 g/mol. The SMILES string of the molecule is COCC(C)(N)c1cnc(OCCCS(C)(=O)=O)c2cnc(Nc3ccc4c(n3)[C@@H](C)C(C)(C)OC4=O)cc12. The summed E-state index contributed by atoms with van der Waals surface area (Å²) < 4.78 is 39.7. The van der Waals surface area contributed by atoms with Crippen molar-refractivity contribution in [2.45, 2.75) is 51.2 Å². The Kier molecular flexibility index (Phi) is 7.84. The number of nitrogens with zero attached hydrogens (tertiary/aromatic N) is 3. The third kappa shape index (κ3) is 6.29. The zero-order valence-electron chi connectivity index (χ0n) is 23.1. The molecule has 3 aromatic heterocycles. The second kappa shape index (κ2) is 10.7. The third-order valence-electron chi connectivity index (χ3n) is 6.90. The summed E-state index contributed by atoms with van der Waals surface area (Å²) in [6.07, 6.45) is 4.80. The van der Waals surface area contributed by atoms with Gasteiger partial charge >= 0.3 is 5.97 Å². The van der Waals surface area contributed by atoms with E-state index in [1.165, 1.54) is 6.26 Å². The van der Waals surface area contributed by atoms with Gasteiger partial charge in [0.25, 0.3) is 0 Å². The van der Waals surface area contributed by atoms with E-state index in [1.807, 2.05) is 33.8 Å². The van der Waals surface area contributed by atoms with Crippen LogP contribution in [-0.2, 0) is 24.8 Å². The van der Waals surface area contributed by atoms with Crippen molar-refractivity contribution in [2.24, 2.45) is 5.73 Å². The van der Waals surface area contributed by atoms with Gasteiger partial charge in [-0.05, 0) is 50.8 Å². The Hall–Kier alpha value is -3.35. The zero-order chi connectivity index (χ0) is 28.6. The summed E-state index contributed by atoms with van der Waals surface area (Å²) >= 11 is 0. The van der Waals surface area contributed by atoms with E-state index >= 15 is 0 Å². The van der Waals surface area contributed by atoms with E-state index in [4.69, 9.17) is 24.9 Å². The highest BCUT2D eigenvalue weighted by Gasteiger charge is 2.40. The lowest BCUT2D eigenvalue weighted by atomic mass is 9.84. The number of carbonyl (C=O) groups excluding carboxylic acids is 1. The van der Waals surface area contributed by atoms with Crippen LogP contribution < -0.4 is 15.8 Å². The monoisotopic (exact) mass is 557 g/mol. The molecule has 210 valence electrons. The summed E-state index contributed by atoms with van der Waals surface area (Å²) in [7, 11) is -1.51. The van der Waals surface area contributed by atoms with E-state index in [-0.39, 0.29) is 24.9 Å². The number of sulfone groups is 1. The fourth-order valence-electron chi connectivity index (χ4n) is 4.51. The standard InChI is InChI=1S/C27H35N5O6S/c1-16-23-17(25(33)38-26(16,2)3)8-9-21(32-23)31-22-12-18-19(13-29-22)24(37-10-7-11-39(6,34)35)30-14-20(18)27(4,28)15-36-5/h8-9,12-14,16H,7,10-11,15,28H2,1-6H3,(H,29,31,32)/t16-,27?/m1/s1. The molecular formula is C27H35N5O6S. The van der Waals surface area contributed by atoms with E-state index < -0.39 is 26.9 Å². The summed E-state index contributed by atoms with van der Waals surface area (Å²) in [6, 6.07) is 5.24. The van der Waals surface area contributed by atoms with Gasteiger partial charge in [0, 0.05) is 37.2 Å².